The molecule has 4 heteroatoms. The van der Waals surface area contributed by atoms with Crippen LogP contribution >= 0.6 is 0 Å². The van der Waals surface area contributed by atoms with Gasteiger partial charge in [0, 0.05) is 44.5 Å². The van der Waals surface area contributed by atoms with Gasteiger partial charge >= 0.3 is 6.85 Å². The smallest absolute Gasteiger partial charge is 0.333 e. The summed E-state index contributed by atoms with van der Waals surface area (Å²) in [4.78, 5) is 5.58. The summed E-state index contributed by atoms with van der Waals surface area (Å²) in [5.74, 6) is 0. The molecule has 7 aliphatic rings. The van der Waals surface area contributed by atoms with Gasteiger partial charge in [-0.05, 0) is 233 Å². The van der Waals surface area contributed by atoms with Crippen LogP contribution in [0.25, 0.3) is 44.2 Å². The topological polar surface area (TPSA) is 19.6 Å². The van der Waals surface area contributed by atoms with Crippen LogP contribution in [0.1, 0.15) is 232 Å². The predicted molar refractivity (Wildman–Crippen MR) is 346 cm³/mol. The van der Waals surface area contributed by atoms with E-state index in [0.29, 0.717) is 0 Å². The van der Waals surface area contributed by atoms with Crippen molar-refractivity contribution in [1.82, 2.24) is 0 Å². The average molecular weight is 1070 g/mol. The zero-order valence-corrected chi connectivity index (χ0v) is 52.4. The highest BCUT2D eigenvalue weighted by Gasteiger charge is 2.53. The Balaban J connectivity index is 1.13. The molecule has 0 bridgehead atoms. The predicted octanol–water partition coefficient (Wildman–Crippen LogP) is 20.0. The van der Waals surface area contributed by atoms with Gasteiger partial charge in [-0.25, -0.2) is 0 Å². The van der Waals surface area contributed by atoms with Gasteiger partial charge in [0.1, 0.15) is 5.58 Å². The summed E-state index contributed by atoms with van der Waals surface area (Å²) in [6.07, 6.45) is 9.36. The molecule has 0 amide bonds. The van der Waals surface area contributed by atoms with Crippen molar-refractivity contribution in [3.63, 3.8) is 0 Å². The Bertz CT molecular complexity index is 4120. The summed E-state index contributed by atoms with van der Waals surface area (Å²) >= 11 is 0. The van der Waals surface area contributed by atoms with Crippen molar-refractivity contribution in [3.05, 3.63) is 159 Å². The van der Waals surface area contributed by atoms with E-state index in [9.17, 15) is 0 Å². The fraction of sp³-hybridized carbons (Fsp3) is 0.455. The average Bonchev–Trinajstić information content (AvgIpc) is 1.95. The third-order valence-corrected chi connectivity index (χ3v) is 23.5. The Hall–Kier alpha value is -6.00. The van der Waals surface area contributed by atoms with Crippen LogP contribution in [-0.2, 0) is 48.7 Å². The van der Waals surface area contributed by atoms with E-state index in [0.717, 1.165) is 36.8 Å². The number of fused-ring (bicyclic) bond motifs is 16. The lowest BCUT2D eigenvalue weighted by Gasteiger charge is -2.49. The van der Waals surface area contributed by atoms with Crippen molar-refractivity contribution in [2.75, 3.05) is 9.71 Å². The number of rotatable bonds is 2. The first-order valence-electron chi connectivity index (χ1n) is 31.3. The lowest BCUT2D eigenvalue weighted by Crippen LogP contribution is -2.62. The summed E-state index contributed by atoms with van der Waals surface area (Å²) in [6.45, 7) is 44.8. The first-order valence-corrected chi connectivity index (χ1v) is 31.3. The van der Waals surface area contributed by atoms with E-state index in [-0.39, 0.29) is 55.6 Å². The van der Waals surface area contributed by atoms with Crippen LogP contribution in [0, 0.1) is 0 Å². The maximum absolute atomic E-state index is 7.54. The van der Waals surface area contributed by atoms with Gasteiger partial charge in [-0.3, -0.25) is 0 Å². The zero-order valence-electron chi connectivity index (χ0n) is 52.4. The normalized spacial score (nSPS) is 22.4. The number of anilines is 5. The van der Waals surface area contributed by atoms with Crippen LogP contribution in [0.5, 0.6) is 0 Å². The number of hydrogen-bond donors (Lipinski definition) is 0. The van der Waals surface area contributed by atoms with Gasteiger partial charge in [0.2, 0.25) is 0 Å². The summed E-state index contributed by atoms with van der Waals surface area (Å²) in [7, 11) is 0. The van der Waals surface area contributed by atoms with Crippen molar-refractivity contribution in [2.45, 2.75) is 225 Å². The molecule has 7 aromatic carbocycles. The Morgan fingerprint density at radius 1 is 0.383 bits per heavy atom. The highest BCUT2D eigenvalue weighted by atomic mass is 16.3. The summed E-state index contributed by atoms with van der Waals surface area (Å²) in [5, 5.41) is 2.36. The Labute approximate surface area is 485 Å². The molecular formula is C77H87BN2O. The van der Waals surface area contributed by atoms with Crippen molar-refractivity contribution in [3.8, 4) is 22.3 Å². The van der Waals surface area contributed by atoms with Crippen molar-refractivity contribution >= 4 is 68.1 Å². The number of para-hydroxylation sites is 1. The molecule has 3 heterocycles. The zero-order chi connectivity index (χ0) is 57.1. The number of hydrogen-bond acceptors (Lipinski definition) is 3. The molecule has 1 aromatic heterocycles. The first kappa shape index (κ1) is 51.9. The van der Waals surface area contributed by atoms with Gasteiger partial charge in [0.05, 0.1) is 5.69 Å². The quantitative estimate of drug-likeness (QED) is 0.161. The van der Waals surface area contributed by atoms with Gasteiger partial charge in [-0.1, -0.05) is 173 Å². The van der Waals surface area contributed by atoms with E-state index in [1.807, 2.05) is 0 Å². The Morgan fingerprint density at radius 2 is 0.864 bits per heavy atom. The molecule has 0 radical (unpaired) electrons. The lowest BCUT2D eigenvalue weighted by atomic mass is 9.42. The molecule has 5 aliphatic carbocycles. The molecule has 0 spiro atoms. The van der Waals surface area contributed by atoms with E-state index in [2.05, 4.69) is 237 Å². The van der Waals surface area contributed by atoms with E-state index in [1.165, 1.54) is 154 Å². The molecule has 3 nitrogen and oxygen atoms in total. The summed E-state index contributed by atoms with van der Waals surface area (Å²) in [6, 6.07) is 42.7. The SMILES string of the molecule is CC1(C)CCC(C)(C)c2cc(N3B4c5cc6c(cc5N(c5ccc7c(c5)C(C)(C)CCC7(C)C)c5c4c(cc4c5oc5ccccc54)-c4c3ccc3c4C(C)(C)c4cc5c(cc4-3)C(C)(C)CCC5(C)C)C(C)(C)CCC6(C)C)ccc21. The third-order valence-electron chi connectivity index (χ3n) is 23.5. The minimum absolute atomic E-state index is 0.00428. The van der Waals surface area contributed by atoms with Crippen LogP contribution in [0.2, 0.25) is 0 Å². The molecule has 0 N–H and O–H groups in total. The minimum Gasteiger partial charge on any atom is -0.454 e. The lowest BCUT2D eigenvalue weighted by molar-refractivity contribution is 0.331. The molecule has 2 aliphatic heterocycles. The van der Waals surface area contributed by atoms with Gasteiger partial charge in [0.15, 0.2) is 5.58 Å². The maximum Gasteiger partial charge on any atom is 0.333 e. The fourth-order valence-corrected chi connectivity index (χ4v) is 17.7. The van der Waals surface area contributed by atoms with E-state index in [4.69, 9.17) is 4.42 Å². The molecule has 0 unspecified atom stereocenters. The fourth-order valence-electron chi connectivity index (χ4n) is 17.7. The highest BCUT2D eigenvalue weighted by Crippen LogP contribution is 2.62. The molecule has 0 atom stereocenters. The van der Waals surface area contributed by atoms with E-state index < -0.39 is 0 Å². The van der Waals surface area contributed by atoms with Crippen molar-refractivity contribution in [2.24, 2.45) is 0 Å². The number of benzene rings is 7. The molecule has 81 heavy (non-hydrogen) atoms. The second-order valence-corrected chi connectivity index (χ2v) is 32.7. The summed E-state index contributed by atoms with van der Waals surface area (Å²) in [5.41, 5.74) is 31.4. The maximum atomic E-state index is 7.54. The van der Waals surface area contributed by atoms with Crippen LogP contribution in [0.15, 0.2) is 108 Å². The monoisotopic (exact) mass is 1070 g/mol. The highest BCUT2D eigenvalue weighted by molar-refractivity contribution is 6.94. The molecule has 0 fully saturated rings. The summed E-state index contributed by atoms with van der Waals surface area (Å²) < 4.78 is 7.54. The standard InChI is InChI=1S/C77H87BN2O/c1-69(2)29-31-71(5,6)54-37-44(23-26-51(54)69)79-62-43-59-58(75(13,14)35-36-76(59,15)16)42-60(62)78-66-50(39-49-46-21-19-20-22-63(46)81-68(49)67(66)79)64-61(80(78)45-24-27-52-55(38-45)72(7,8)32-30-70(52,3)4)28-25-47-48-40-56-57(41-53(48)77(17,18)65(47)64)74(11,12)34-33-73(56,9)10/h19-28,37-43H,29-36H2,1-18H3. The third kappa shape index (κ3) is 6.89. The van der Waals surface area contributed by atoms with Gasteiger partial charge in [-0.2, -0.15) is 0 Å². The number of nitrogens with zero attached hydrogens (tertiary/aromatic N) is 2. The van der Waals surface area contributed by atoms with Crippen LogP contribution in [0.4, 0.5) is 28.4 Å². The van der Waals surface area contributed by atoms with Gasteiger partial charge in [-0.15, -0.1) is 0 Å². The van der Waals surface area contributed by atoms with Gasteiger partial charge < -0.3 is 14.1 Å². The van der Waals surface area contributed by atoms with Crippen LogP contribution < -0.4 is 20.6 Å². The Kier molecular flexibility index (Phi) is 10.1. The molecule has 0 saturated carbocycles. The minimum atomic E-state index is -0.304. The second kappa shape index (κ2) is 15.8. The molecule has 8 aromatic rings. The van der Waals surface area contributed by atoms with Crippen LogP contribution in [-0.4, -0.2) is 6.85 Å². The number of furan rings is 1. The molecule has 15 rings (SSSR count). The molecule has 414 valence electrons. The van der Waals surface area contributed by atoms with Gasteiger partial charge in [0.25, 0.3) is 0 Å². The van der Waals surface area contributed by atoms with Crippen molar-refractivity contribution < 1.29 is 4.42 Å². The second-order valence-electron chi connectivity index (χ2n) is 32.7. The van der Waals surface area contributed by atoms with E-state index in [1.54, 1.807) is 0 Å². The largest absolute Gasteiger partial charge is 0.454 e. The molecular weight excluding hydrogens is 980 g/mol. The van der Waals surface area contributed by atoms with Crippen LogP contribution in [0.3, 0.4) is 0 Å². The Morgan fingerprint density at radius 3 is 1.44 bits per heavy atom. The van der Waals surface area contributed by atoms with E-state index >= 15 is 0 Å². The van der Waals surface area contributed by atoms with Crippen molar-refractivity contribution in [1.29, 1.82) is 0 Å². The first-order chi connectivity index (χ1) is 37.8. The molecule has 0 saturated heterocycles.